The molecule has 1 fully saturated rings. The minimum absolute atomic E-state index is 0.159. The van der Waals surface area contributed by atoms with Crippen molar-refractivity contribution in [3.63, 3.8) is 0 Å². The first-order valence-electron chi connectivity index (χ1n) is 8.82. The first kappa shape index (κ1) is 16.8. The average Bonchev–Trinajstić information content (AvgIpc) is 3.26. The van der Waals surface area contributed by atoms with Gasteiger partial charge in [-0.3, -0.25) is 9.47 Å². The topological polar surface area (TPSA) is 91.8 Å². The van der Waals surface area contributed by atoms with Gasteiger partial charge in [0.25, 0.3) is 0 Å². The molecule has 1 spiro atoms. The highest BCUT2D eigenvalue weighted by atomic mass is 35.5. The molecule has 4 heterocycles. The van der Waals surface area contributed by atoms with Crippen molar-refractivity contribution in [2.75, 3.05) is 13.1 Å². The Morgan fingerprint density at radius 2 is 2.28 bits per heavy atom. The molecular weight excluding hydrogens is 344 g/mol. The van der Waals surface area contributed by atoms with Crippen molar-refractivity contribution >= 4 is 11.6 Å². The van der Waals surface area contributed by atoms with Crippen molar-refractivity contribution in [1.82, 2.24) is 29.6 Å². The number of nitrogens with zero attached hydrogens (tertiary/aromatic N) is 4. The predicted octanol–water partition coefficient (Wildman–Crippen LogP) is 1.47. The Balaban J connectivity index is 1.42. The van der Waals surface area contributed by atoms with Crippen LogP contribution in [-0.2, 0) is 30.9 Å². The van der Waals surface area contributed by atoms with Gasteiger partial charge in [-0.05, 0) is 12.8 Å². The van der Waals surface area contributed by atoms with Gasteiger partial charge in [0.15, 0.2) is 11.0 Å². The summed E-state index contributed by atoms with van der Waals surface area (Å²) in [6.45, 7) is 5.47. The van der Waals surface area contributed by atoms with Crippen LogP contribution in [0, 0.1) is 0 Å². The molecular formula is C16H23ClN6O2. The zero-order valence-corrected chi connectivity index (χ0v) is 15.1. The maximum absolute atomic E-state index is 11.9. The summed E-state index contributed by atoms with van der Waals surface area (Å²) in [5.41, 5.74) is 0.480. The molecule has 0 aliphatic carbocycles. The fourth-order valence-electron chi connectivity index (χ4n) is 3.71. The molecule has 2 aromatic heterocycles. The fourth-order valence-corrected chi connectivity index (χ4v) is 3.92. The molecule has 2 aliphatic heterocycles. The van der Waals surface area contributed by atoms with Crippen LogP contribution in [0.4, 0.5) is 0 Å². The maximum Gasteiger partial charge on any atom is 0.343 e. The molecule has 0 amide bonds. The summed E-state index contributed by atoms with van der Waals surface area (Å²) in [6.07, 6.45) is 4.05. The number of nitrogens with one attached hydrogen (secondary N) is 2. The fraction of sp³-hybridized carbons (Fsp3) is 0.688. The van der Waals surface area contributed by atoms with Crippen LogP contribution in [0.1, 0.15) is 43.5 Å². The molecule has 1 saturated heterocycles. The maximum atomic E-state index is 11.9. The molecule has 1 atom stereocenters. The van der Waals surface area contributed by atoms with Crippen LogP contribution in [0.15, 0.2) is 4.79 Å². The van der Waals surface area contributed by atoms with Gasteiger partial charge in [-0.25, -0.2) is 14.9 Å². The van der Waals surface area contributed by atoms with Crippen LogP contribution in [0.5, 0.6) is 0 Å². The molecule has 4 rings (SSSR count). The first-order chi connectivity index (χ1) is 12.1. The summed E-state index contributed by atoms with van der Waals surface area (Å²) >= 11 is 6.29. The van der Waals surface area contributed by atoms with Crippen molar-refractivity contribution in [3.05, 3.63) is 33.0 Å². The lowest BCUT2D eigenvalue weighted by atomic mass is 10.0. The Morgan fingerprint density at radius 3 is 3.12 bits per heavy atom. The third-order valence-corrected chi connectivity index (χ3v) is 5.43. The van der Waals surface area contributed by atoms with Crippen LogP contribution in [0.3, 0.4) is 0 Å². The van der Waals surface area contributed by atoms with E-state index in [0.717, 1.165) is 56.8 Å². The second kappa shape index (κ2) is 6.59. The van der Waals surface area contributed by atoms with Crippen molar-refractivity contribution < 1.29 is 4.74 Å². The highest BCUT2D eigenvalue weighted by molar-refractivity contribution is 6.30. The zero-order valence-electron chi connectivity index (χ0n) is 14.3. The van der Waals surface area contributed by atoms with E-state index in [1.807, 2.05) is 0 Å². The molecule has 1 unspecified atom stereocenters. The summed E-state index contributed by atoms with van der Waals surface area (Å²) in [4.78, 5) is 21.9. The lowest BCUT2D eigenvalue weighted by Gasteiger charge is -2.33. The van der Waals surface area contributed by atoms with E-state index >= 15 is 0 Å². The monoisotopic (exact) mass is 366 g/mol. The average molecular weight is 367 g/mol. The van der Waals surface area contributed by atoms with Crippen LogP contribution < -0.4 is 5.69 Å². The van der Waals surface area contributed by atoms with Gasteiger partial charge in [-0.1, -0.05) is 24.9 Å². The van der Waals surface area contributed by atoms with Gasteiger partial charge in [-0.15, -0.1) is 0 Å². The number of ether oxygens (including phenoxy) is 1. The van der Waals surface area contributed by atoms with Gasteiger partial charge in [0.05, 0.1) is 12.2 Å². The molecule has 2 N–H and O–H groups in total. The number of aryl methyl sites for hydroxylation is 1. The van der Waals surface area contributed by atoms with Crippen LogP contribution in [0.25, 0.3) is 0 Å². The molecule has 0 aromatic carbocycles. The molecule has 0 radical (unpaired) electrons. The largest absolute Gasteiger partial charge is 0.364 e. The standard InChI is InChI=1S/C16H23ClN6O2/c1-2-3-4-12-18-11(14(17)19-12)7-22-6-5-16(9-22)10-23-13(8-25-16)20-21-15(23)24/h2-10H2,1H3,(H,18,19)(H,21,24). The number of aromatic nitrogens is 5. The Kier molecular flexibility index (Phi) is 4.43. The molecule has 9 heteroatoms. The van der Waals surface area contributed by atoms with Crippen molar-refractivity contribution in [3.8, 4) is 0 Å². The number of H-pyrrole nitrogens is 2. The van der Waals surface area contributed by atoms with E-state index in [0.29, 0.717) is 24.1 Å². The van der Waals surface area contributed by atoms with E-state index in [2.05, 4.69) is 32.0 Å². The SMILES string of the molecule is CCCCc1nc(Cl)c(CN2CCC3(C2)Cn2c(n[nH]c2=O)CO3)[nH]1. The first-order valence-corrected chi connectivity index (χ1v) is 9.20. The normalized spacial score (nSPS) is 23.4. The Morgan fingerprint density at radius 1 is 1.40 bits per heavy atom. The molecule has 8 nitrogen and oxygen atoms in total. The minimum Gasteiger partial charge on any atom is -0.364 e. The number of rotatable bonds is 5. The lowest BCUT2D eigenvalue weighted by molar-refractivity contribution is -0.0833. The van der Waals surface area contributed by atoms with Crippen molar-refractivity contribution in [1.29, 1.82) is 0 Å². The van der Waals surface area contributed by atoms with Crippen LogP contribution in [-0.4, -0.2) is 48.3 Å². The number of fused-ring (bicyclic) bond motifs is 1. The third-order valence-electron chi connectivity index (χ3n) is 5.11. The van der Waals surface area contributed by atoms with Crippen molar-refractivity contribution in [2.45, 2.75) is 57.9 Å². The molecule has 25 heavy (non-hydrogen) atoms. The lowest BCUT2D eigenvalue weighted by Crippen LogP contribution is -2.46. The van der Waals surface area contributed by atoms with Gasteiger partial charge in [-0.2, -0.15) is 5.10 Å². The molecule has 2 aromatic rings. The van der Waals surface area contributed by atoms with E-state index < -0.39 is 0 Å². The van der Waals surface area contributed by atoms with E-state index in [1.165, 1.54) is 0 Å². The number of hydrogen-bond acceptors (Lipinski definition) is 5. The summed E-state index contributed by atoms with van der Waals surface area (Å²) in [5, 5.41) is 7.05. The molecule has 136 valence electrons. The number of hydrogen-bond donors (Lipinski definition) is 2. The van der Waals surface area contributed by atoms with Gasteiger partial charge in [0.1, 0.15) is 18.0 Å². The molecule has 2 aliphatic rings. The number of aromatic amines is 2. The van der Waals surface area contributed by atoms with E-state index in [9.17, 15) is 4.79 Å². The van der Waals surface area contributed by atoms with Gasteiger partial charge < -0.3 is 9.72 Å². The number of unbranched alkanes of at least 4 members (excludes halogenated alkanes) is 1. The molecule has 0 bridgehead atoms. The molecule has 0 saturated carbocycles. The predicted molar refractivity (Wildman–Crippen MR) is 92.5 cm³/mol. The quantitative estimate of drug-likeness (QED) is 0.836. The third kappa shape index (κ3) is 3.26. The van der Waals surface area contributed by atoms with Gasteiger partial charge in [0.2, 0.25) is 0 Å². The van der Waals surface area contributed by atoms with E-state index in [-0.39, 0.29) is 11.3 Å². The van der Waals surface area contributed by atoms with E-state index in [4.69, 9.17) is 16.3 Å². The summed E-state index contributed by atoms with van der Waals surface area (Å²) in [6, 6.07) is 0. The van der Waals surface area contributed by atoms with Crippen molar-refractivity contribution in [2.24, 2.45) is 0 Å². The Bertz CT molecular complexity index is 812. The zero-order chi connectivity index (χ0) is 17.4. The van der Waals surface area contributed by atoms with Crippen LogP contribution >= 0.6 is 11.6 Å². The highest BCUT2D eigenvalue weighted by Crippen LogP contribution is 2.32. The summed E-state index contributed by atoms with van der Waals surface area (Å²) < 4.78 is 7.77. The van der Waals surface area contributed by atoms with Gasteiger partial charge >= 0.3 is 5.69 Å². The Hall–Kier alpha value is -1.64. The van der Waals surface area contributed by atoms with E-state index in [1.54, 1.807) is 4.57 Å². The number of likely N-dealkylation sites (tertiary alicyclic amines) is 1. The minimum atomic E-state index is -0.321. The van der Waals surface area contributed by atoms with Crippen LogP contribution in [0.2, 0.25) is 5.15 Å². The number of halogens is 1. The number of imidazole rings is 1. The second-order valence-corrected chi connectivity index (χ2v) is 7.38. The smallest absolute Gasteiger partial charge is 0.343 e. The summed E-state index contributed by atoms with van der Waals surface area (Å²) in [5.74, 6) is 1.63. The summed E-state index contributed by atoms with van der Waals surface area (Å²) in [7, 11) is 0. The van der Waals surface area contributed by atoms with Gasteiger partial charge in [0, 0.05) is 26.1 Å². The Labute approximate surface area is 150 Å². The second-order valence-electron chi connectivity index (χ2n) is 7.02. The highest BCUT2D eigenvalue weighted by Gasteiger charge is 2.43.